The summed E-state index contributed by atoms with van der Waals surface area (Å²) in [5, 5.41) is 3.50. The molecular formula is C17H27NO2. The summed E-state index contributed by atoms with van der Waals surface area (Å²) < 4.78 is 11.3. The predicted molar refractivity (Wildman–Crippen MR) is 82.1 cm³/mol. The third kappa shape index (κ3) is 4.22. The number of benzene rings is 1. The van der Waals surface area contributed by atoms with E-state index in [1.807, 2.05) is 7.11 Å². The fraction of sp³-hybridized carbons (Fsp3) is 0.647. The van der Waals surface area contributed by atoms with Crippen molar-refractivity contribution < 1.29 is 9.47 Å². The van der Waals surface area contributed by atoms with E-state index in [-0.39, 0.29) is 5.60 Å². The Morgan fingerprint density at radius 1 is 1.20 bits per heavy atom. The van der Waals surface area contributed by atoms with Crippen molar-refractivity contribution in [3.63, 3.8) is 0 Å². The van der Waals surface area contributed by atoms with Crippen LogP contribution < -0.4 is 10.1 Å². The maximum atomic E-state index is 5.66. The second-order valence-electron chi connectivity index (χ2n) is 5.69. The molecule has 0 saturated heterocycles. The van der Waals surface area contributed by atoms with E-state index < -0.39 is 0 Å². The SMILES string of the molecule is CCCCOc1ccc(CNCC2(OC)CCC2)cc1. The predicted octanol–water partition coefficient (Wildman–Crippen LogP) is 3.52. The lowest BCUT2D eigenvalue weighted by Crippen LogP contribution is -2.47. The Morgan fingerprint density at radius 2 is 1.95 bits per heavy atom. The normalized spacial score (nSPS) is 16.7. The van der Waals surface area contributed by atoms with Crippen LogP contribution in [0.3, 0.4) is 0 Å². The van der Waals surface area contributed by atoms with Crippen molar-refractivity contribution in [2.75, 3.05) is 20.3 Å². The van der Waals surface area contributed by atoms with Crippen molar-refractivity contribution in [2.24, 2.45) is 0 Å². The Labute approximate surface area is 122 Å². The highest BCUT2D eigenvalue weighted by molar-refractivity contribution is 5.27. The van der Waals surface area contributed by atoms with E-state index >= 15 is 0 Å². The zero-order valence-electron chi connectivity index (χ0n) is 12.8. The minimum absolute atomic E-state index is 0.100. The van der Waals surface area contributed by atoms with Gasteiger partial charge in [-0.3, -0.25) is 0 Å². The van der Waals surface area contributed by atoms with Crippen LogP contribution in [0.2, 0.25) is 0 Å². The first kappa shape index (κ1) is 15.3. The monoisotopic (exact) mass is 277 g/mol. The molecule has 0 bridgehead atoms. The average molecular weight is 277 g/mol. The molecule has 0 amide bonds. The highest BCUT2D eigenvalue weighted by atomic mass is 16.5. The molecule has 1 fully saturated rings. The van der Waals surface area contributed by atoms with Gasteiger partial charge in [0.2, 0.25) is 0 Å². The van der Waals surface area contributed by atoms with Gasteiger partial charge < -0.3 is 14.8 Å². The topological polar surface area (TPSA) is 30.5 Å². The van der Waals surface area contributed by atoms with Crippen LogP contribution in [0.15, 0.2) is 24.3 Å². The highest BCUT2D eigenvalue weighted by Crippen LogP contribution is 2.34. The number of methoxy groups -OCH3 is 1. The van der Waals surface area contributed by atoms with E-state index in [0.717, 1.165) is 31.9 Å². The molecule has 0 heterocycles. The van der Waals surface area contributed by atoms with Crippen LogP contribution in [-0.4, -0.2) is 25.9 Å². The van der Waals surface area contributed by atoms with Gasteiger partial charge in [0.25, 0.3) is 0 Å². The zero-order valence-corrected chi connectivity index (χ0v) is 12.8. The average Bonchev–Trinajstić information content (AvgIpc) is 2.44. The molecule has 0 unspecified atom stereocenters. The van der Waals surface area contributed by atoms with E-state index in [9.17, 15) is 0 Å². The van der Waals surface area contributed by atoms with Crippen molar-refractivity contribution >= 4 is 0 Å². The van der Waals surface area contributed by atoms with E-state index in [0.29, 0.717) is 0 Å². The summed E-state index contributed by atoms with van der Waals surface area (Å²) in [5.74, 6) is 0.967. The first-order chi connectivity index (χ1) is 9.78. The van der Waals surface area contributed by atoms with Gasteiger partial charge >= 0.3 is 0 Å². The Balaban J connectivity index is 1.70. The highest BCUT2D eigenvalue weighted by Gasteiger charge is 2.36. The van der Waals surface area contributed by atoms with Gasteiger partial charge in [0.15, 0.2) is 0 Å². The Morgan fingerprint density at radius 3 is 2.50 bits per heavy atom. The van der Waals surface area contributed by atoms with Crippen LogP contribution in [0.4, 0.5) is 0 Å². The Hall–Kier alpha value is -1.06. The number of unbranched alkanes of at least 4 members (excludes halogenated alkanes) is 1. The number of hydrogen-bond donors (Lipinski definition) is 1. The van der Waals surface area contributed by atoms with E-state index in [2.05, 4.69) is 36.5 Å². The summed E-state index contributed by atoms with van der Waals surface area (Å²) in [5.41, 5.74) is 1.39. The lowest BCUT2D eigenvalue weighted by atomic mass is 9.80. The number of hydrogen-bond acceptors (Lipinski definition) is 3. The minimum atomic E-state index is 0.100. The molecule has 0 aliphatic heterocycles. The molecule has 1 aromatic rings. The molecule has 1 aromatic carbocycles. The van der Waals surface area contributed by atoms with E-state index in [4.69, 9.17) is 9.47 Å². The number of rotatable bonds is 9. The molecule has 2 rings (SSSR count). The van der Waals surface area contributed by atoms with Crippen LogP contribution in [-0.2, 0) is 11.3 Å². The Kier molecular flexibility index (Phi) is 5.86. The van der Waals surface area contributed by atoms with Gasteiger partial charge in [-0.05, 0) is 43.4 Å². The van der Waals surface area contributed by atoms with E-state index in [1.54, 1.807) is 0 Å². The van der Waals surface area contributed by atoms with Crippen LogP contribution in [0.5, 0.6) is 5.75 Å². The number of nitrogens with one attached hydrogen (secondary N) is 1. The van der Waals surface area contributed by atoms with Crippen molar-refractivity contribution in [1.82, 2.24) is 5.32 Å². The molecular weight excluding hydrogens is 250 g/mol. The molecule has 0 radical (unpaired) electrons. The molecule has 1 aliphatic carbocycles. The standard InChI is InChI=1S/C17H27NO2/c1-3-4-12-20-16-8-6-15(7-9-16)13-18-14-17(19-2)10-5-11-17/h6-9,18H,3-5,10-14H2,1-2H3. The van der Waals surface area contributed by atoms with Crippen LogP contribution >= 0.6 is 0 Å². The molecule has 0 aromatic heterocycles. The molecule has 1 saturated carbocycles. The molecule has 0 atom stereocenters. The largest absolute Gasteiger partial charge is 0.494 e. The second-order valence-corrected chi connectivity index (χ2v) is 5.69. The molecule has 112 valence electrons. The number of ether oxygens (including phenoxy) is 2. The summed E-state index contributed by atoms with van der Waals surface area (Å²) in [6.07, 6.45) is 5.94. The van der Waals surface area contributed by atoms with Gasteiger partial charge in [-0.2, -0.15) is 0 Å². The van der Waals surface area contributed by atoms with Crippen LogP contribution in [0.25, 0.3) is 0 Å². The van der Waals surface area contributed by atoms with Gasteiger partial charge in [-0.25, -0.2) is 0 Å². The summed E-state index contributed by atoms with van der Waals surface area (Å²) >= 11 is 0. The smallest absolute Gasteiger partial charge is 0.119 e. The molecule has 3 heteroatoms. The molecule has 3 nitrogen and oxygen atoms in total. The molecule has 1 aliphatic rings. The van der Waals surface area contributed by atoms with Crippen molar-refractivity contribution in [1.29, 1.82) is 0 Å². The molecule has 20 heavy (non-hydrogen) atoms. The summed E-state index contributed by atoms with van der Waals surface area (Å²) in [6.45, 7) is 4.82. The van der Waals surface area contributed by atoms with Crippen molar-refractivity contribution in [3.8, 4) is 5.75 Å². The van der Waals surface area contributed by atoms with Gasteiger partial charge in [-0.1, -0.05) is 25.5 Å². The molecule has 0 spiro atoms. The lowest BCUT2D eigenvalue weighted by molar-refractivity contribution is -0.0695. The third-order valence-electron chi connectivity index (χ3n) is 4.16. The van der Waals surface area contributed by atoms with Crippen LogP contribution in [0.1, 0.15) is 44.6 Å². The minimum Gasteiger partial charge on any atom is -0.494 e. The zero-order chi connectivity index (χ0) is 14.3. The third-order valence-corrected chi connectivity index (χ3v) is 4.16. The van der Waals surface area contributed by atoms with Crippen LogP contribution in [0, 0.1) is 0 Å². The fourth-order valence-electron chi connectivity index (χ4n) is 2.50. The quantitative estimate of drug-likeness (QED) is 0.701. The van der Waals surface area contributed by atoms with E-state index in [1.165, 1.54) is 31.2 Å². The van der Waals surface area contributed by atoms with Crippen molar-refractivity contribution in [3.05, 3.63) is 29.8 Å². The van der Waals surface area contributed by atoms with Crippen molar-refractivity contribution in [2.45, 2.75) is 51.2 Å². The van der Waals surface area contributed by atoms with Gasteiger partial charge in [0.1, 0.15) is 5.75 Å². The summed E-state index contributed by atoms with van der Waals surface area (Å²) in [6, 6.07) is 8.38. The first-order valence-electron chi connectivity index (χ1n) is 7.75. The Bertz CT molecular complexity index is 379. The lowest BCUT2D eigenvalue weighted by Gasteiger charge is -2.40. The summed E-state index contributed by atoms with van der Waals surface area (Å²) in [4.78, 5) is 0. The maximum absolute atomic E-state index is 5.66. The second kappa shape index (κ2) is 7.65. The molecule has 1 N–H and O–H groups in total. The summed E-state index contributed by atoms with van der Waals surface area (Å²) in [7, 11) is 1.82. The van der Waals surface area contributed by atoms with Gasteiger partial charge in [0.05, 0.1) is 12.2 Å². The maximum Gasteiger partial charge on any atom is 0.119 e. The van der Waals surface area contributed by atoms with Gasteiger partial charge in [-0.15, -0.1) is 0 Å². The van der Waals surface area contributed by atoms with Gasteiger partial charge in [0, 0.05) is 20.2 Å². The fourth-order valence-corrected chi connectivity index (χ4v) is 2.50. The first-order valence-corrected chi connectivity index (χ1v) is 7.75.